The topological polar surface area (TPSA) is 9.23 Å². The van der Waals surface area contributed by atoms with Crippen molar-refractivity contribution >= 4 is 8.07 Å². The number of rotatable bonds is 2. The molecule has 0 aliphatic rings. The molecule has 0 aromatic heterocycles. The molecule has 76 valence electrons. The number of methoxy groups -OCH3 is 1. The highest BCUT2D eigenvalue weighted by Gasteiger charge is 2.32. The number of ether oxygens (including phenoxy) is 1. The smallest absolute Gasteiger partial charge is 0.134 e. The van der Waals surface area contributed by atoms with Gasteiger partial charge >= 0.3 is 0 Å². The molecule has 0 aliphatic heterocycles. The van der Waals surface area contributed by atoms with Crippen molar-refractivity contribution in [3.63, 3.8) is 0 Å². The first-order valence-electron chi connectivity index (χ1n) is 4.69. The average molecular weight is 198 g/mol. The van der Waals surface area contributed by atoms with E-state index in [0.717, 1.165) is 5.76 Å². The lowest BCUT2D eigenvalue weighted by Gasteiger charge is -2.33. The summed E-state index contributed by atoms with van der Waals surface area (Å²) >= 11 is 0. The fraction of sp³-hybridized carbons (Fsp3) is 0.727. The summed E-state index contributed by atoms with van der Waals surface area (Å²) in [5.41, 5.74) is 5.44. The van der Waals surface area contributed by atoms with Gasteiger partial charge in [0.15, 0.2) is 0 Å². The zero-order chi connectivity index (χ0) is 10.7. The zero-order valence-electron chi connectivity index (χ0n) is 9.99. The third-order valence-electron chi connectivity index (χ3n) is 2.88. The molecule has 0 amide bonds. The second kappa shape index (κ2) is 4.16. The fourth-order valence-electron chi connectivity index (χ4n) is 0.557. The summed E-state index contributed by atoms with van der Waals surface area (Å²) in [4.78, 5) is 0. The molecule has 0 aliphatic carbocycles. The zero-order valence-corrected chi connectivity index (χ0v) is 11.0. The molecule has 0 fully saturated rings. The lowest BCUT2D eigenvalue weighted by atomic mass is 10.2. The van der Waals surface area contributed by atoms with Crippen molar-refractivity contribution in [3.05, 3.63) is 17.2 Å². The SMILES string of the molecule is COC(C)=C=C[Si](C)(C)C(C)(C)C. The molecule has 1 nitrogen and oxygen atoms in total. The highest BCUT2D eigenvalue weighted by atomic mass is 28.3. The van der Waals surface area contributed by atoms with Gasteiger partial charge in [-0.3, -0.25) is 0 Å². The molecule has 0 saturated carbocycles. The van der Waals surface area contributed by atoms with Gasteiger partial charge in [-0.1, -0.05) is 45.3 Å². The van der Waals surface area contributed by atoms with Crippen LogP contribution in [0, 0.1) is 0 Å². The fourth-order valence-corrected chi connectivity index (χ4v) is 1.55. The van der Waals surface area contributed by atoms with Crippen molar-refractivity contribution in [1.29, 1.82) is 0 Å². The molecule has 0 heterocycles. The Morgan fingerprint density at radius 2 is 1.77 bits per heavy atom. The largest absolute Gasteiger partial charge is 0.493 e. The number of hydrogen-bond donors (Lipinski definition) is 0. The van der Waals surface area contributed by atoms with E-state index in [2.05, 4.69) is 45.3 Å². The Balaban J connectivity index is 4.80. The Kier molecular flexibility index (Phi) is 4.02. The van der Waals surface area contributed by atoms with Crippen LogP contribution in [-0.2, 0) is 4.74 Å². The van der Waals surface area contributed by atoms with Gasteiger partial charge in [-0.15, -0.1) is 0 Å². The third-order valence-corrected chi connectivity index (χ3v) is 7.61. The Labute approximate surface area is 83.5 Å². The van der Waals surface area contributed by atoms with E-state index in [4.69, 9.17) is 4.74 Å². The maximum atomic E-state index is 5.05. The Bertz CT molecular complexity index is 227. The minimum absolute atomic E-state index is 0.383. The monoisotopic (exact) mass is 198 g/mol. The summed E-state index contributed by atoms with van der Waals surface area (Å²) in [6.45, 7) is 13.5. The molecule has 13 heavy (non-hydrogen) atoms. The van der Waals surface area contributed by atoms with Crippen molar-refractivity contribution in [2.24, 2.45) is 0 Å². The first kappa shape index (κ1) is 12.5. The van der Waals surface area contributed by atoms with Crippen LogP contribution >= 0.6 is 0 Å². The van der Waals surface area contributed by atoms with E-state index < -0.39 is 8.07 Å². The third kappa shape index (κ3) is 3.84. The van der Waals surface area contributed by atoms with Crippen molar-refractivity contribution in [2.75, 3.05) is 7.11 Å². The minimum Gasteiger partial charge on any atom is -0.493 e. The summed E-state index contributed by atoms with van der Waals surface area (Å²) in [6.07, 6.45) is 0. The van der Waals surface area contributed by atoms with Crippen LogP contribution in [0.5, 0.6) is 0 Å². The minimum atomic E-state index is -1.32. The Morgan fingerprint density at radius 3 is 2.08 bits per heavy atom. The molecule has 0 rings (SSSR count). The van der Waals surface area contributed by atoms with Gasteiger partial charge in [-0.05, 0) is 5.04 Å². The summed E-state index contributed by atoms with van der Waals surface area (Å²) in [5.74, 6) is 0.866. The molecule has 0 atom stereocenters. The van der Waals surface area contributed by atoms with Crippen LogP contribution in [0.25, 0.3) is 0 Å². The van der Waals surface area contributed by atoms with Gasteiger partial charge in [0.1, 0.15) is 5.76 Å². The molecule has 0 bridgehead atoms. The molecule has 2 heteroatoms. The molecule has 0 aromatic rings. The lowest BCUT2D eigenvalue weighted by Crippen LogP contribution is -2.34. The molecule has 0 N–H and O–H groups in total. The van der Waals surface area contributed by atoms with Crippen LogP contribution < -0.4 is 0 Å². The number of allylic oxidation sites excluding steroid dienone is 1. The second-order valence-corrected chi connectivity index (χ2v) is 10.3. The van der Waals surface area contributed by atoms with Crippen LogP contribution in [0.4, 0.5) is 0 Å². The standard InChI is InChI=1S/C11H22OSi/c1-10(12-5)8-9-13(6,7)11(2,3)4/h9H,1-7H3. The van der Waals surface area contributed by atoms with Gasteiger partial charge in [0.25, 0.3) is 0 Å². The maximum Gasteiger partial charge on any atom is 0.134 e. The quantitative estimate of drug-likeness (QED) is 0.373. The van der Waals surface area contributed by atoms with Gasteiger partial charge in [0, 0.05) is 6.92 Å². The maximum absolute atomic E-state index is 5.05. The summed E-state index contributed by atoms with van der Waals surface area (Å²) in [5, 5.41) is 0.383. The summed E-state index contributed by atoms with van der Waals surface area (Å²) in [7, 11) is 0.361. The molecule has 0 saturated heterocycles. The molecule has 0 unspecified atom stereocenters. The van der Waals surface area contributed by atoms with E-state index in [-0.39, 0.29) is 0 Å². The normalized spacial score (nSPS) is 11.9. The van der Waals surface area contributed by atoms with Crippen LogP contribution in [0.1, 0.15) is 27.7 Å². The molecular weight excluding hydrogens is 176 g/mol. The second-order valence-electron chi connectivity index (χ2n) is 5.02. The first-order chi connectivity index (χ1) is 5.70. The van der Waals surface area contributed by atoms with Crippen molar-refractivity contribution < 1.29 is 4.74 Å². The van der Waals surface area contributed by atoms with E-state index in [0.29, 0.717) is 5.04 Å². The van der Waals surface area contributed by atoms with Gasteiger partial charge in [0.2, 0.25) is 0 Å². The van der Waals surface area contributed by atoms with Crippen LogP contribution in [0.2, 0.25) is 18.1 Å². The van der Waals surface area contributed by atoms with Gasteiger partial charge in [-0.25, -0.2) is 0 Å². The molecular formula is C11H22OSi. The van der Waals surface area contributed by atoms with E-state index in [9.17, 15) is 0 Å². The summed E-state index contributed by atoms with van der Waals surface area (Å²) in [6, 6.07) is 0. The van der Waals surface area contributed by atoms with Crippen LogP contribution in [0.3, 0.4) is 0 Å². The van der Waals surface area contributed by atoms with Crippen molar-refractivity contribution in [1.82, 2.24) is 0 Å². The lowest BCUT2D eigenvalue weighted by molar-refractivity contribution is 0.295. The first-order valence-corrected chi connectivity index (χ1v) is 7.77. The highest BCUT2D eigenvalue weighted by molar-refractivity contribution is 6.84. The molecule has 0 aromatic carbocycles. The highest BCUT2D eigenvalue weighted by Crippen LogP contribution is 2.36. The van der Waals surface area contributed by atoms with E-state index in [1.165, 1.54) is 0 Å². The van der Waals surface area contributed by atoms with Gasteiger partial charge in [0.05, 0.1) is 15.2 Å². The van der Waals surface area contributed by atoms with Gasteiger partial charge < -0.3 is 4.74 Å². The van der Waals surface area contributed by atoms with Crippen molar-refractivity contribution in [2.45, 2.75) is 45.8 Å². The molecule has 0 radical (unpaired) electrons. The average Bonchev–Trinajstić information content (AvgIpc) is 1.98. The van der Waals surface area contributed by atoms with Crippen molar-refractivity contribution in [3.8, 4) is 0 Å². The summed E-state index contributed by atoms with van der Waals surface area (Å²) < 4.78 is 5.05. The van der Waals surface area contributed by atoms with Crippen LogP contribution in [0.15, 0.2) is 17.2 Å². The van der Waals surface area contributed by atoms with E-state index >= 15 is 0 Å². The predicted octanol–water partition coefficient (Wildman–Crippen LogP) is 3.74. The van der Waals surface area contributed by atoms with Gasteiger partial charge in [-0.2, -0.15) is 0 Å². The van der Waals surface area contributed by atoms with Crippen LogP contribution in [-0.4, -0.2) is 15.2 Å². The number of hydrogen-bond acceptors (Lipinski definition) is 1. The Hall–Kier alpha value is -0.463. The van der Waals surface area contributed by atoms with E-state index in [1.807, 2.05) is 6.92 Å². The Morgan fingerprint density at radius 1 is 1.31 bits per heavy atom. The predicted molar refractivity (Wildman–Crippen MR) is 61.5 cm³/mol. The molecule has 0 spiro atoms. The van der Waals surface area contributed by atoms with E-state index in [1.54, 1.807) is 7.11 Å².